The molecule has 1 aromatic rings. The van der Waals surface area contributed by atoms with E-state index in [1.54, 1.807) is 0 Å². The maximum Gasteiger partial charge on any atom is 0.207 e. The third-order valence-corrected chi connectivity index (χ3v) is 2.61. The van der Waals surface area contributed by atoms with Crippen LogP contribution in [0.15, 0.2) is 12.1 Å². The maximum atomic E-state index is 11.2. The molecule has 0 bridgehead atoms. The molecule has 0 unspecified atom stereocenters. The summed E-state index contributed by atoms with van der Waals surface area (Å²) in [6.07, 6.45) is 2.11. The lowest BCUT2D eigenvalue weighted by molar-refractivity contribution is -0.122. The van der Waals surface area contributed by atoms with Crippen molar-refractivity contribution in [1.82, 2.24) is 0 Å². The van der Waals surface area contributed by atoms with Gasteiger partial charge in [0.05, 0.1) is 0 Å². The van der Waals surface area contributed by atoms with Gasteiger partial charge in [0, 0.05) is 0 Å². The van der Waals surface area contributed by atoms with E-state index in [4.69, 9.17) is 9.47 Å². The lowest BCUT2D eigenvalue weighted by Crippen LogP contribution is -2.15. The summed E-state index contributed by atoms with van der Waals surface area (Å²) in [5.74, 6) is 1.40. The molecule has 0 saturated heterocycles. The molecule has 0 atom stereocenters. The molecular weight excluding hydrogens is 204 g/mol. The molecule has 0 spiro atoms. The molecule has 0 amide bonds. The van der Waals surface area contributed by atoms with Gasteiger partial charge in [-0.05, 0) is 30.5 Å². The van der Waals surface area contributed by atoms with Crippen molar-refractivity contribution < 1.29 is 14.3 Å². The number of hydrogen-bond acceptors (Lipinski definition) is 3. The van der Waals surface area contributed by atoms with Gasteiger partial charge in [-0.25, -0.2) is 0 Å². The summed E-state index contributed by atoms with van der Waals surface area (Å²) in [5, 5.41) is 0. The number of carbonyl (C=O) groups excluding carboxylic acids is 1. The third-order valence-electron chi connectivity index (χ3n) is 2.61. The van der Waals surface area contributed by atoms with Crippen molar-refractivity contribution in [3.05, 3.63) is 23.3 Å². The number of Topliss-reactive ketones (excluding diaryl/α,β-unsaturated/α-hetero) is 1. The SMILES string of the molecule is CCCc1cc(C)c2c(c1)OCC(=O)CO2. The molecule has 1 aliphatic rings. The first kappa shape index (κ1) is 11.0. The second kappa shape index (κ2) is 4.56. The average Bonchev–Trinajstić information content (AvgIpc) is 2.42. The van der Waals surface area contributed by atoms with Gasteiger partial charge in [0.15, 0.2) is 24.7 Å². The molecule has 1 aliphatic heterocycles. The van der Waals surface area contributed by atoms with Crippen molar-refractivity contribution >= 4 is 5.78 Å². The number of fused-ring (bicyclic) bond motifs is 1. The summed E-state index contributed by atoms with van der Waals surface area (Å²) in [4.78, 5) is 11.2. The Balaban J connectivity index is 2.35. The van der Waals surface area contributed by atoms with Crippen LogP contribution in [0, 0.1) is 6.92 Å². The van der Waals surface area contributed by atoms with E-state index in [1.165, 1.54) is 5.56 Å². The molecule has 0 N–H and O–H groups in total. The largest absolute Gasteiger partial charge is 0.482 e. The van der Waals surface area contributed by atoms with Crippen LogP contribution in [0.1, 0.15) is 24.5 Å². The van der Waals surface area contributed by atoms with Crippen LogP contribution in [0.4, 0.5) is 0 Å². The number of ketones is 1. The van der Waals surface area contributed by atoms with Crippen molar-refractivity contribution in [1.29, 1.82) is 0 Å². The molecule has 0 saturated carbocycles. The number of rotatable bonds is 2. The predicted octanol–water partition coefficient (Wildman–Crippen LogP) is 2.29. The minimum atomic E-state index is -0.0207. The minimum Gasteiger partial charge on any atom is -0.482 e. The zero-order chi connectivity index (χ0) is 11.5. The Labute approximate surface area is 95.4 Å². The van der Waals surface area contributed by atoms with E-state index in [2.05, 4.69) is 13.0 Å². The van der Waals surface area contributed by atoms with E-state index < -0.39 is 0 Å². The van der Waals surface area contributed by atoms with Gasteiger partial charge in [0.25, 0.3) is 0 Å². The van der Waals surface area contributed by atoms with Crippen LogP contribution >= 0.6 is 0 Å². The molecule has 0 aliphatic carbocycles. The highest BCUT2D eigenvalue weighted by Crippen LogP contribution is 2.34. The van der Waals surface area contributed by atoms with Crippen LogP contribution in [0.5, 0.6) is 11.5 Å². The molecule has 16 heavy (non-hydrogen) atoms. The van der Waals surface area contributed by atoms with Gasteiger partial charge in [-0.2, -0.15) is 0 Å². The van der Waals surface area contributed by atoms with E-state index in [1.807, 2.05) is 13.0 Å². The highest BCUT2D eigenvalue weighted by atomic mass is 16.5. The van der Waals surface area contributed by atoms with E-state index in [-0.39, 0.29) is 19.0 Å². The number of benzene rings is 1. The van der Waals surface area contributed by atoms with Gasteiger partial charge in [-0.15, -0.1) is 0 Å². The van der Waals surface area contributed by atoms with Gasteiger partial charge in [-0.3, -0.25) is 4.79 Å². The van der Waals surface area contributed by atoms with Crippen LogP contribution in [-0.2, 0) is 11.2 Å². The van der Waals surface area contributed by atoms with Crippen molar-refractivity contribution in [2.24, 2.45) is 0 Å². The minimum absolute atomic E-state index is 0.0207. The normalized spacial score (nSPS) is 14.8. The Morgan fingerprint density at radius 2 is 2.00 bits per heavy atom. The molecule has 0 fully saturated rings. The van der Waals surface area contributed by atoms with Crippen molar-refractivity contribution in [2.75, 3.05) is 13.2 Å². The molecule has 86 valence electrons. The third kappa shape index (κ3) is 2.18. The fraction of sp³-hybridized carbons (Fsp3) is 0.462. The highest BCUT2D eigenvalue weighted by molar-refractivity contribution is 5.82. The van der Waals surface area contributed by atoms with Crippen LogP contribution in [0.25, 0.3) is 0 Å². The predicted molar refractivity (Wildman–Crippen MR) is 61.2 cm³/mol. The van der Waals surface area contributed by atoms with Crippen molar-refractivity contribution in [3.8, 4) is 11.5 Å². The molecule has 3 nitrogen and oxygen atoms in total. The zero-order valence-corrected chi connectivity index (χ0v) is 9.71. The number of hydrogen-bond donors (Lipinski definition) is 0. The van der Waals surface area contributed by atoms with Gasteiger partial charge in [-0.1, -0.05) is 19.4 Å². The second-order valence-corrected chi connectivity index (χ2v) is 4.11. The number of aryl methyl sites for hydroxylation is 2. The summed E-state index contributed by atoms with van der Waals surface area (Å²) >= 11 is 0. The Hall–Kier alpha value is -1.51. The second-order valence-electron chi connectivity index (χ2n) is 4.11. The molecule has 1 aromatic carbocycles. The Bertz CT molecular complexity index is 410. The number of ether oxygens (including phenoxy) is 2. The fourth-order valence-corrected chi connectivity index (χ4v) is 1.89. The summed E-state index contributed by atoms with van der Waals surface area (Å²) in [5.41, 5.74) is 2.27. The van der Waals surface area contributed by atoms with Crippen LogP contribution < -0.4 is 9.47 Å². The van der Waals surface area contributed by atoms with Crippen LogP contribution in [0.3, 0.4) is 0 Å². The van der Waals surface area contributed by atoms with Gasteiger partial charge in [0.2, 0.25) is 5.78 Å². The van der Waals surface area contributed by atoms with Crippen molar-refractivity contribution in [3.63, 3.8) is 0 Å². The van der Waals surface area contributed by atoms with Gasteiger partial charge >= 0.3 is 0 Å². The lowest BCUT2D eigenvalue weighted by atomic mass is 10.1. The van der Waals surface area contributed by atoms with Crippen LogP contribution in [-0.4, -0.2) is 19.0 Å². The van der Waals surface area contributed by atoms with Gasteiger partial charge < -0.3 is 9.47 Å². The highest BCUT2D eigenvalue weighted by Gasteiger charge is 2.17. The molecule has 0 radical (unpaired) electrons. The maximum absolute atomic E-state index is 11.2. The first-order valence-electron chi connectivity index (χ1n) is 5.61. The quantitative estimate of drug-likeness (QED) is 0.767. The smallest absolute Gasteiger partial charge is 0.207 e. The summed E-state index contributed by atoms with van der Waals surface area (Å²) in [7, 11) is 0. The lowest BCUT2D eigenvalue weighted by Gasteiger charge is -2.11. The van der Waals surface area contributed by atoms with Crippen LogP contribution in [0.2, 0.25) is 0 Å². The Morgan fingerprint density at radius 3 is 2.75 bits per heavy atom. The molecule has 0 aromatic heterocycles. The standard InChI is InChI=1S/C13H16O3/c1-3-4-10-5-9(2)13-12(6-10)15-7-11(14)8-16-13/h5-6H,3-4,7-8H2,1-2H3. The molecular formula is C13H16O3. The Kier molecular flexibility index (Phi) is 3.13. The molecule has 1 heterocycles. The van der Waals surface area contributed by atoms with E-state index in [0.717, 1.165) is 18.4 Å². The fourth-order valence-electron chi connectivity index (χ4n) is 1.89. The summed E-state index contributed by atoms with van der Waals surface area (Å²) in [6, 6.07) is 4.08. The molecule has 2 rings (SSSR count). The summed E-state index contributed by atoms with van der Waals surface area (Å²) in [6.45, 7) is 4.35. The van der Waals surface area contributed by atoms with E-state index >= 15 is 0 Å². The number of carbonyl (C=O) groups is 1. The molecule has 3 heteroatoms. The average molecular weight is 220 g/mol. The van der Waals surface area contributed by atoms with E-state index in [9.17, 15) is 4.79 Å². The topological polar surface area (TPSA) is 35.5 Å². The first-order valence-corrected chi connectivity index (χ1v) is 5.61. The van der Waals surface area contributed by atoms with E-state index in [0.29, 0.717) is 11.5 Å². The Morgan fingerprint density at radius 1 is 1.25 bits per heavy atom. The zero-order valence-electron chi connectivity index (χ0n) is 9.71. The van der Waals surface area contributed by atoms with Crippen molar-refractivity contribution in [2.45, 2.75) is 26.7 Å². The monoisotopic (exact) mass is 220 g/mol. The first-order chi connectivity index (χ1) is 7.70. The van der Waals surface area contributed by atoms with Gasteiger partial charge in [0.1, 0.15) is 0 Å². The summed E-state index contributed by atoms with van der Waals surface area (Å²) < 4.78 is 10.9.